The van der Waals surface area contributed by atoms with E-state index in [-0.39, 0.29) is 22.9 Å². The van der Waals surface area contributed by atoms with Crippen molar-refractivity contribution in [1.82, 2.24) is 5.32 Å². The summed E-state index contributed by atoms with van der Waals surface area (Å²) in [7, 11) is 0. The third kappa shape index (κ3) is 4.01. The number of carbonyl (C=O) groups is 3. The van der Waals surface area contributed by atoms with E-state index in [0.29, 0.717) is 0 Å². The molecule has 0 aliphatic rings. The minimum atomic E-state index is -1.37. The molecule has 0 spiro atoms. The van der Waals surface area contributed by atoms with Crippen LogP contribution in [0.15, 0.2) is 47.1 Å². The first-order chi connectivity index (χ1) is 11.4. The first-order valence-electron chi connectivity index (χ1n) is 7.35. The van der Waals surface area contributed by atoms with Gasteiger partial charge in [0, 0.05) is 0 Å². The first-order valence-corrected chi connectivity index (χ1v) is 7.35. The van der Waals surface area contributed by atoms with Crippen LogP contribution in [-0.2, 0) is 4.79 Å². The van der Waals surface area contributed by atoms with Gasteiger partial charge in [0.05, 0.1) is 29.5 Å². The standard InChI is InChI=1S/C17H18N2O5/c1-10(2)14(17(22)23)19-15(20)11-6-3-4-7-12(11)18-16(21)13-8-5-9-24-13/h3-10,14H,1-2H3,(H,18,21)(H,19,20)(H,22,23)/p-1/t14-/m1/s1. The Kier molecular flexibility index (Phi) is 5.36. The summed E-state index contributed by atoms with van der Waals surface area (Å²) in [5.41, 5.74) is 0.390. The largest absolute Gasteiger partial charge is 0.548 e. The van der Waals surface area contributed by atoms with E-state index in [1.807, 2.05) is 0 Å². The van der Waals surface area contributed by atoms with Crippen molar-refractivity contribution < 1.29 is 23.9 Å². The van der Waals surface area contributed by atoms with Gasteiger partial charge in [-0.25, -0.2) is 0 Å². The van der Waals surface area contributed by atoms with Crippen LogP contribution in [0.4, 0.5) is 5.69 Å². The number of hydrogen-bond donors (Lipinski definition) is 2. The van der Waals surface area contributed by atoms with Crippen LogP contribution in [0.3, 0.4) is 0 Å². The minimum Gasteiger partial charge on any atom is -0.548 e. The highest BCUT2D eigenvalue weighted by molar-refractivity contribution is 6.08. The number of rotatable bonds is 6. The number of furan rings is 1. The molecule has 0 fully saturated rings. The van der Waals surface area contributed by atoms with Crippen molar-refractivity contribution in [3.63, 3.8) is 0 Å². The lowest BCUT2D eigenvalue weighted by Crippen LogP contribution is -2.50. The normalized spacial score (nSPS) is 11.8. The highest BCUT2D eigenvalue weighted by Crippen LogP contribution is 2.17. The molecule has 0 aliphatic heterocycles. The van der Waals surface area contributed by atoms with Gasteiger partial charge in [-0.1, -0.05) is 26.0 Å². The predicted octanol–water partition coefficient (Wildman–Crippen LogP) is 1.04. The number of carboxylic acid groups (broad SMARTS) is 1. The second-order valence-corrected chi connectivity index (χ2v) is 5.49. The van der Waals surface area contributed by atoms with E-state index in [9.17, 15) is 19.5 Å². The van der Waals surface area contributed by atoms with Crippen LogP contribution in [0.1, 0.15) is 34.8 Å². The molecule has 0 aliphatic carbocycles. The van der Waals surface area contributed by atoms with Gasteiger partial charge in [-0.3, -0.25) is 9.59 Å². The summed E-state index contributed by atoms with van der Waals surface area (Å²) < 4.78 is 5.00. The Morgan fingerprint density at radius 3 is 2.33 bits per heavy atom. The van der Waals surface area contributed by atoms with Gasteiger partial charge >= 0.3 is 0 Å². The molecule has 1 heterocycles. The van der Waals surface area contributed by atoms with Crippen molar-refractivity contribution in [2.75, 3.05) is 5.32 Å². The number of nitrogens with one attached hydrogen (secondary N) is 2. The number of anilines is 1. The van der Waals surface area contributed by atoms with E-state index in [2.05, 4.69) is 10.6 Å². The van der Waals surface area contributed by atoms with Crippen LogP contribution in [-0.4, -0.2) is 23.8 Å². The molecule has 0 radical (unpaired) electrons. The van der Waals surface area contributed by atoms with E-state index in [4.69, 9.17) is 4.42 Å². The maximum Gasteiger partial charge on any atom is 0.291 e. The number of aliphatic carboxylic acids is 1. The zero-order valence-electron chi connectivity index (χ0n) is 13.2. The van der Waals surface area contributed by atoms with E-state index in [1.165, 1.54) is 18.4 Å². The summed E-state index contributed by atoms with van der Waals surface area (Å²) in [4.78, 5) is 35.5. The Morgan fingerprint density at radius 2 is 1.75 bits per heavy atom. The monoisotopic (exact) mass is 329 g/mol. The molecule has 126 valence electrons. The second kappa shape index (κ2) is 7.45. The molecular formula is C17H17N2O5-. The molecule has 2 N–H and O–H groups in total. The smallest absolute Gasteiger partial charge is 0.291 e. The van der Waals surface area contributed by atoms with Crippen molar-refractivity contribution in [1.29, 1.82) is 0 Å². The van der Waals surface area contributed by atoms with E-state index in [1.54, 1.807) is 38.1 Å². The number of benzene rings is 1. The third-order valence-corrected chi connectivity index (χ3v) is 3.37. The van der Waals surface area contributed by atoms with Crippen molar-refractivity contribution in [2.24, 2.45) is 5.92 Å². The molecule has 7 nitrogen and oxygen atoms in total. The minimum absolute atomic E-state index is 0.0972. The third-order valence-electron chi connectivity index (χ3n) is 3.37. The summed E-state index contributed by atoms with van der Waals surface area (Å²) in [5.74, 6) is -2.74. The van der Waals surface area contributed by atoms with Gasteiger partial charge in [-0.05, 0) is 30.2 Å². The van der Waals surface area contributed by atoms with Gasteiger partial charge in [-0.2, -0.15) is 0 Å². The molecule has 0 bridgehead atoms. The molecule has 24 heavy (non-hydrogen) atoms. The molecule has 0 unspecified atom stereocenters. The van der Waals surface area contributed by atoms with Crippen LogP contribution in [0.25, 0.3) is 0 Å². The zero-order valence-corrected chi connectivity index (χ0v) is 13.2. The molecular weight excluding hydrogens is 312 g/mol. The fraction of sp³-hybridized carbons (Fsp3) is 0.235. The quantitative estimate of drug-likeness (QED) is 0.822. The van der Waals surface area contributed by atoms with E-state index >= 15 is 0 Å². The molecule has 1 atom stereocenters. The highest BCUT2D eigenvalue weighted by Gasteiger charge is 2.21. The number of amides is 2. The van der Waals surface area contributed by atoms with Gasteiger partial charge in [0.25, 0.3) is 11.8 Å². The van der Waals surface area contributed by atoms with Crippen LogP contribution in [0, 0.1) is 5.92 Å². The predicted molar refractivity (Wildman–Crippen MR) is 84.2 cm³/mol. The summed E-state index contributed by atoms with van der Waals surface area (Å²) in [6, 6.07) is 8.21. The number of carbonyl (C=O) groups excluding carboxylic acids is 3. The van der Waals surface area contributed by atoms with Crippen LogP contribution in [0.2, 0.25) is 0 Å². The highest BCUT2D eigenvalue weighted by atomic mass is 16.4. The molecule has 7 heteroatoms. The summed E-state index contributed by atoms with van der Waals surface area (Å²) in [6.45, 7) is 3.32. The average Bonchev–Trinajstić information content (AvgIpc) is 3.06. The molecule has 2 aromatic rings. The molecule has 0 saturated carbocycles. The Labute approximate surface area is 138 Å². The van der Waals surface area contributed by atoms with Crippen molar-refractivity contribution in [3.8, 4) is 0 Å². The van der Waals surface area contributed by atoms with Gasteiger partial charge in [0.1, 0.15) is 0 Å². The maximum atomic E-state index is 12.4. The summed E-state index contributed by atoms with van der Waals surface area (Å²) in [5, 5.41) is 16.1. The second-order valence-electron chi connectivity index (χ2n) is 5.49. The topological polar surface area (TPSA) is 111 Å². The van der Waals surface area contributed by atoms with Gasteiger partial charge in [-0.15, -0.1) is 0 Å². The van der Waals surface area contributed by atoms with Crippen LogP contribution in [0.5, 0.6) is 0 Å². The SMILES string of the molecule is CC(C)[C@@H](NC(=O)c1ccccc1NC(=O)c1ccco1)C(=O)[O-]. The van der Waals surface area contributed by atoms with E-state index < -0.39 is 23.8 Å². The molecule has 0 saturated heterocycles. The average molecular weight is 329 g/mol. The fourth-order valence-electron chi connectivity index (χ4n) is 2.10. The van der Waals surface area contributed by atoms with Gasteiger partial charge in [0.2, 0.25) is 0 Å². The number of para-hydroxylation sites is 1. The molecule has 1 aromatic carbocycles. The Morgan fingerprint density at radius 1 is 1.04 bits per heavy atom. The van der Waals surface area contributed by atoms with E-state index in [0.717, 1.165) is 0 Å². The lowest BCUT2D eigenvalue weighted by molar-refractivity contribution is -0.309. The Hall–Kier alpha value is -3.09. The summed E-state index contributed by atoms with van der Waals surface area (Å²) >= 11 is 0. The summed E-state index contributed by atoms with van der Waals surface area (Å²) in [6.07, 6.45) is 1.36. The Bertz CT molecular complexity index is 737. The lowest BCUT2D eigenvalue weighted by atomic mass is 10.0. The lowest BCUT2D eigenvalue weighted by Gasteiger charge is -2.23. The van der Waals surface area contributed by atoms with Crippen molar-refractivity contribution >= 4 is 23.5 Å². The molecule has 2 amide bonds. The molecule has 2 rings (SSSR count). The maximum absolute atomic E-state index is 12.4. The van der Waals surface area contributed by atoms with Gasteiger partial charge in [0.15, 0.2) is 5.76 Å². The van der Waals surface area contributed by atoms with Crippen molar-refractivity contribution in [2.45, 2.75) is 19.9 Å². The van der Waals surface area contributed by atoms with Crippen LogP contribution < -0.4 is 15.7 Å². The van der Waals surface area contributed by atoms with Crippen LogP contribution >= 0.6 is 0 Å². The Balaban J connectivity index is 2.20. The first kappa shape index (κ1) is 17.3. The zero-order chi connectivity index (χ0) is 17.7. The number of carboxylic acids is 1. The van der Waals surface area contributed by atoms with Gasteiger partial charge < -0.3 is 25.0 Å². The fourth-order valence-corrected chi connectivity index (χ4v) is 2.10. The van der Waals surface area contributed by atoms with Crippen molar-refractivity contribution in [3.05, 3.63) is 54.0 Å². The number of hydrogen-bond acceptors (Lipinski definition) is 5. The molecule has 1 aromatic heterocycles.